The number of nitrogens with zero attached hydrogens (tertiary/aromatic N) is 3. The molecule has 5 heteroatoms. The molecule has 1 rings (SSSR count). The molecule has 0 aromatic carbocycles. The normalized spacial score (nSPS) is 9.55. The second kappa shape index (κ2) is 3.51. The Labute approximate surface area is 72.2 Å². The van der Waals surface area contributed by atoms with Gasteiger partial charge in [0.25, 0.3) is 0 Å². The molecule has 0 atom stereocenters. The van der Waals surface area contributed by atoms with Crippen molar-refractivity contribution in [3.05, 3.63) is 16.4 Å². The number of rotatable bonds is 2. The molecule has 0 bridgehead atoms. The Hall–Kier alpha value is -0.860. The summed E-state index contributed by atoms with van der Waals surface area (Å²) in [5.74, 6) is 0. The third-order valence-corrected chi connectivity index (χ3v) is 2.04. The molecule has 1 heterocycles. The van der Waals surface area contributed by atoms with Crippen molar-refractivity contribution in [2.75, 3.05) is 6.61 Å². The lowest BCUT2D eigenvalue weighted by atomic mass is 10.4. The molecule has 1 aromatic heterocycles. The van der Waals surface area contributed by atoms with Gasteiger partial charge in [-0.15, -0.1) is 0 Å². The van der Waals surface area contributed by atoms with Crippen LogP contribution in [0.3, 0.4) is 0 Å². The molecule has 4 nitrogen and oxygen atoms in total. The summed E-state index contributed by atoms with van der Waals surface area (Å²) < 4.78 is 2.15. The summed E-state index contributed by atoms with van der Waals surface area (Å²) in [4.78, 5) is 0. The summed E-state index contributed by atoms with van der Waals surface area (Å²) in [5, 5.41) is 20.9. The molecule has 1 aromatic rings. The fraction of sp³-hybridized carbons (Fsp3) is 0.333. The van der Waals surface area contributed by atoms with Crippen LogP contribution in [0.15, 0.2) is 10.8 Å². The van der Waals surface area contributed by atoms with E-state index in [1.807, 2.05) is 6.07 Å². The van der Waals surface area contributed by atoms with E-state index in [0.29, 0.717) is 16.7 Å². The van der Waals surface area contributed by atoms with Crippen LogP contribution in [0, 0.1) is 11.3 Å². The molecule has 0 unspecified atom stereocenters. The standard InChI is InChI=1S/C6H6BrN3O/c7-6-5(3-8)4-9-10(6)1-2-11/h4,11H,1-2H2. The smallest absolute Gasteiger partial charge is 0.121 e. The van der Waals surface area contributed by atoms with E-state index in [1.165, 1.54) is 10.9 Å². The van der Waals surface area contributed by atoms with E-state index in [4.69, 9.17) is 10.4 Å². The summed E-state index contributed by atoms with van der Waals surface area (Å²) in [6.07, 6.45) is 1.46. The van der Waals surface area contributed by atoms with E-state index in [2.05, 4.69) is 21.0 Å². The van der Waals surface area contributed by atoms with Gasteiger partial charge >= 0.3 is 0 Å². The molecule has 11 heavy (non-hydrogen) atoms. The maximum atomic E-state index is 8.56. The molecule has 1 N–H and O–H groups in total. The van der Waals surface area contributed by atoms with Crippen molar-refractivity contribution in [1.82, 2.24) is 9.78 Å². The number of aliphatic hydroxyl groups is 1. The largest absolute Gasteiger partial charge is 0.394 e. The third kappa shape index (κ3) is 1.59. The van der Waals surface area contributed by atoms with Crippen LogP contribution in [0.5, 0.6) is 0 Å². The van der Waals surface area contributed by atoms with Gasteiger partial charge in [-0.3, -0.25) is 4.68 Å². The van der Waals surface area contributed by atoms with Crippen LogP contribution in [0.4, 0.5) is 0 Å². The van der Waals surface area contributed by atoms with Crippen LogP contribution in [-0.4, -0.2) is 21.5 Å². The Morgan fingerprint density at radius 3 is 3.00 bits per heavy atom. The van der Waals surface area contributed by atoms with E-state index in [0.717, 1.165) is 0 Å². The predicted octanol–water partition coefficient (Wildman–Crippen LogP) is 0.510. The maximum Gasteiger partial charge on any atom is 0.121 e. The third-order valence-electron chi connectivity index (χ3n) is 1.21. The zero-order chi connectivity index (χ0) is 8.27. The van der Waals surface area contributed by atoms with Gasteiger partial charge in [-0.2, -0.15) is 10.4 Å². The number of hydrogen-bond donors (Lipinski definition) is 1. The molecule has 0 amide bonds. The summed E-state index contributed by atoms with van der Waals surface area (Å²) in [6.45, 7) is 0.424. The summed E-state index contributed by atoms with van der Waals surface area (Å²) in [6, 6.07) is 1.96. The number of nitriles is 1. The molecule has 0 fully saturated rings. The van der Waals surface area contributed by atoms with E-state index in [9.17, 15) is 0 Å². The lowest BCUT2D eigenvalue weighted by Crippen LogP contribution is -2.03. The van der Waals surface area contributed by atoms with Crippen molar-refractivity contribution in [3.8, 4) is 6.07 Å². The van der Waals surface area contributed by atoms with Gasteiger partial charge in [-0.1, -0.05) is 0 Å². The zero-order valence-electron chi connectivity index (χ0n) is 5.66. The van der Waals surface area contributed by atoms with E-state index in [-0.39, 0.29) is 6.61 Å². The first-order valence-corrected chi connectivity index (χ1v) is 3.81. The van der Waals surface area contributed by atoms with E-state index < -0.39 is 0 Å². The molecule has 58 valence electrons. The van der Waals surface area contributed by atoms with Crippen molar-refractivity contribution in [3.63, 3.8) is 0 Å². The number of aliphatic hydroxyl groups excluding tert-OH is 1. The van der Waals surface area contributed by atoms with Crippen molar-refractivity contribution >= 4 is 15.9 Å². The van der Waals surface area contributed by atoms with Gasteiger partial charge < -0.3 is 5.11 Å². The molecule has 0 spiro atoms. The first kappa shape index (κ1) is 8.24. The maximum absolute atomic E-state index is 8.56. The Kier molecular flexibility index (Phi) is 2.63. The number of halogens is 1. The second-order valence-electron chi connectivity index (χ2n) is 1.91. The summed E-state index contributed by atoms with van der Waals surface area (Å²) in [5.41, 5.74) is 0.485. The monoisotopic (exact) mass is 215 g/mol. The minimum Gasteiger partial charge on any atom is -0.394 e. The zero-order valence-corrected chi connectivity index (χ0v) is 7.24. The molecule has 0 aliphatic heterocycles. The highest BCUT2D eigenvalue weighted by atomic mass is 79.9. The fourth-order valence-corrected chi connectivity index (χ4v) is 1.16. The highest BCUT2D eigenvalue weighted by molar-refractivity contribution is 9.10. The molecule has 0 radical (unpaired) electrons. The molecule has 0 saturated carbocycles. The highest BCUT2D eigenvalue weighted by Gasteiger charge is 2.05. The van der Waals surface area contributed by atoms with Crippen LogP contribution in [0.2, 0.25) is 0 Å². The first-order chi connectivity index (χ1) is 5.29. The van der Waals surface area contributed by atoms with Gasteiger partial charge in [0.2, 0.25) is 0 Å². The summed E-state index contributed by atoms with van der Waals surface area (Å²) >= 11 is 3.18. The SMILES string of the molecule is N#Cc1cnn(CCO)c1Br. The number of aromatic nitrogens is 2. The highest BCUT2D eigenvalue weighted by Crippen LogP contribution is 2.14. The van der Waals surface area contributed by atoms with Gasteiger partial charge in [0, 0.05) is 0 Å². The van der Waals surface area contributed by atoms with Gasteiger partial charge in [0.05, 0.1) is 19.3 Å². The lowest BCUT2D eigenvalue weighted by molar-refractivity contribution is 0.268. The van der Waals surface area contributed by atoms with Crippen LogP contribution in [0.25, 0.3) is 0 Å². The Morgan fingerprint density at radius 1 is 1.82 bits per heavy atom. The van der Waals surface area contributed by atoms with Gasteiger partial charge in [0.1, 0.15) is 16.2 Å². The van der Waals surface area contributed by atoms with Gasteiger partial charge in [-0.05, 0) is 15.9 Å². The lowest BCUT2D eigenvalue weighted by Gasteiger charge is -1.97. The molecule has 0 saturated heterocycles. The van der Waals surface area contributed by atoms with Crippen molar-refractivity contribution in [2.24, 2.45) is 0 Å². The topological polar surface area (TPSA) is 61.8 Å². The predicted molar refractivity (Wildman–Crippen MR) is 41.7 cm³/mol. The Morgan fingerprint density at radius 2 is 2.55 bits per heavy atom. The minimum absolute atomic E-state index is 0.0190. The van der Waals surface area contributed by atoms with Gasteiger partial charge in [-0.25, -0.2) is 0 Å². The summed E-state index contributed by atoms with van der Waals surface area (Å²) in [7, 11) is 0. The molecule has 0 aliphatic rings. The Balaban J connectivity index is 2.93. The van der Waals surface area contributed by atoms with E-state index >= 15 is 0 Å². The van der Waals surface area contributed by atoms with Crippen molar-refractivity contribution < 1.29 is 5.11 Å². The molecule has 0 aliphatic carbocycles. The first-order valence-electron chi connectivity index (χ1n) is 3.02. The minimum atomic E-state index is 0.0190. The fourth-order valence-electron chi connectivity index (χ4n) is 0.696. The quantitative estimate of drug-likeness (QED) is 0.783. The van der Waals surface area contributed by atoms with Crippen LogP contribution < -0.4 is 0 Å². The van der Waals surface area contributed by atoms with Crippen molar-refractivity contribution in [2.45, 2.75) is 6.54 Å². The second-order valence-corrected chi connectivity index (χ2v) is 2.66. The van der Waals surface area contributed by atoms with Crippen LogP contribution in [0.1, 0.15) is 5.56 Å². The van der Waals surface area contributed by atoms with Gasteiger partial charge in [0.15, 0.2) is 0 Å². The molecular weight excluding hydrogens is 210 g/mol. The average Bonchev–Trinajstić information content (AvgIpc) is 2.34. The van der Waals surface area contributed by atoms with E-state index in [1.54, 1.807) is 0 Å². The van der Waals surface area contributed by atoms with Crippen LogP contribution in [-0.2, 0) is 6.54 Å². The van der Waals surface area contributed by atoms with Crippen LogP contribution >= 0.6 is 15.9 Å². The van der Waals surface area contributed by atoms with Crippen molar-refractivity contribution in [1.29, 1.82) is 5.26 Å². The number of hydrogen-bond acceptors (Lipinski definition) is 3. The molecular formula is C6H6BrN3O. The Bertz CT molecular complexity index is 289. The average molecular weight is 216 g/mol.